The van der Waals surface area contributed by atoms with Crippen LogP contribution in [0.3, 0.4) is 0 Å². The molecule has 1 saturated heterocycles. The van der Waals surface area contributed by atoms with Gasteiger partial charge in [0.2, 0.25) is 11.8 Å². The molecule has 1 fully saturated rings. The Morgan fingerprint density at radius 3 is 2.95 bits per heavy atom. The highest BCUT2D eigenvalue weighted by Gasteiger charge is 2.25. The van der Waals surface area contributed by atoms with Gasteiger partial charge in [0.1, 0.15) is 0 Å². The van der Waals surface area contributed by atoms with Crippen LogP contribution in [0.2, 0.25) is 5.02 Å². The van der Waals surface area contributed by atoms with Gasteiger partial charge >= 0.3 is 0 Å². The third-order valence-electron chi connectivity index (χ3n) is 3.97. The first-order valence-corrected chi connectivity index (χ1v) is 7.67. The molecule has 5 nitrogen and oxygen atoms in total. The summed E-state index contributed by atoms with van der Waals surface area (Å²) in [6, 6.07) is 1.85. The van der Waals surface area contributed by atoms with Crippen LogP contribution in [-0.4, -0.2) is 34.9 Å². The number of aromatic nitrogens is 1. The van der Waals surface area contributed by atoms with E-state index in [-0.39, 0.29) is 24.2 Å². The summed E-state index contributed by atoms with van der Waals surface area (Å²) < 4.78 is 1.91. The van der Waals surface area contributed by atoms with Crippen molar-refractivity contribution in [3.63, 3.8) is 0 Å². The van der Waals surface area contributed by atoms with Gasteiger partial charge in [-0.05, 0) is 18.9 Å². The number of carbonyl (C=O) groups excluding carboxylic acids is 2. The molecule has 0 aromatic carbocycles. The molecule has 0 bridgehead atoms. The van der Waals surface area contributed by atoms with E-state index in [2.05, 4.69) is 5.32 Å². The first-order chi connectivity index (χ1) is 9.97. The molecule has 0 aliphatic carbocycles. The summed E-state index contributed by atoms with van der Waals surface area (Å²) in [4.78, 5) is 25.8. The maximum absolute atomic E-state index is 12.3. The highest BCUT2D eigenvalue weighted by Crippen LogP contribution is 2.19. The third-order valence-corrected chi connectivity index (χ3v) is 4.18. The number of amides is 2. The van der Waals surface area contributed by atoms with Crippen LogP contribution in [0.4, 0.5) is 0 Å². The van der Waals surface area contributed by atoms with Crippen LogP contribution in [0.25, 0.3) is 0 Å². The monoisotopic (exact) mass is 311 g/mol. The Hall–Kier alpha value is -1.49. The molecule has 1 unspecified atom stereocenters. The second-order valence-corrected chi connectivity index (χ2v) is 6.13. The van der Waals surface area contributed by atoms with Crippen LogP contribution in [0, 0.1) is 5.92 Å². The summed E-state index contributed by atoms with van der Waals surface area (Å²) in [5.74, 6) is -0.190. The Bertz CT molecular complexity index is 527. The first-order valence-electron chi connectivity index (χ1n) is 7.30. The van der Waals surface area contributed by atoms with Crippen LogP contribution in [0.1, 0.15) is 31.4 Å². The van der Waals surface area contributed by atoms with E-state index in [0.717, 1.165) is 31.5 Å². The van der Waals surface area contributed by atoms with Crippen molar-refractivity contribution in [1.29, 1.82) is 0 Å². The van der Waals surface area contributed by atoms with Crippen LogP contribution in [-0.2, 0) is 23.2 Å². The van der Waals surface area contributed by atoms with Crippen molar-refractivity contribution < 1.29 is 9.59 Å². The number of nitrogens with one attached hydrogen (secondary N) is 1. The molecule has 1 N–H and O–H groups in total. The predicted molar refractivity (Wildman–Crippen MR) is 81.9 cm³/mol. The van der Waals surface area contributed by atoms with Crippen molar-refractivity contribution in [1.82, 2.24) is 14.8 Å². The SMILES string of the molecule is CN(Cc1cc(Cl)cn1C)C(=O)CC1CCCCNC1=O. The standard InChI is InChI=1S/C15H22ClN3O2/c1-18-9-12(16)8-13(18)10-19(2)14(20)7-11-5-3-4-6-17-15(11)21/h8-9,11H,3-7,10H2,1-2H3,(H,17,21). The summed E-state index contributed by atoms with van der Waals surface area (Å²) >= 11 is 5.94. The molecule has 6 heteroatoms. The lowest BCUT2D eigenvalue weighted by molar-refractivity contribution is -0.135. The van der Waals surface area contributed by atoms with Gasteiger partial charge in [0.05, 0.1) is 11.6 Å². The van der Waals surface area contributed by atoms with Crippen molar-refractivity contribution in [2.75, 3.05) is 13.6 Å². The summed E-state index contributed by atoms with van der Waals surface area (Å²) in [6.45, 7) is 1.22. The molecule has 1 aliphatic heterocycles. The normalized spacial score (nSPS) is 19.0. The molecule has 0 saturated carbocycles. The minimum Gasteiger partial charge on any atom is -0.356 e. The van der Waals surface area contributed by atoms with E-state index in [9.17, 15) is 9.59 Å². The Kier molecular flexibility index (Phi) is 5.28. The molecule has 2 rings (SSSR count). The van der Waals surface area contributed by atoms with Crippen molar-refractivity contribution in [3.05, 3.63) is 23.0 Å². The number of hydrogen-bond acceptors (Lipinski definition) is 2. The highest BCUT2D eigenvalue weighted by molar-refractivity contribution is 6.30. The Morgan fingerprint density at radius 2 is 2.29 bits per heavy atom. The van der Waals surface area contributed by atoms with Crippen LogP contribution >= 0.6 is 11.6 Å². The Balaban J connectivity index is 1.92. The van der Waals surface area contributed by atoms with Crippen LogP contribution in [0.15, 0.2) is 12.3 Å². The molecule has 0 spiro atoms. The van der Waals surface area contributed by atoms with Gasteiger partial charge in [0.25, 0.3) is 0 Å². The number of nitrogens with zero attached hydrogens (tertiary/aromatic N) is 2. The average Bonchev–Trinajstić information content (AvgIpc) is 2.60. The second-order valence-electron chi connectivity index (χ2n) is 5.70. The van der Waals surface area contributed by atoms with E-state index in [4.69, 9.17) is 11.6 Å². The van der Waals surface area contributed by atoms with Gasteiger partial charge in [-0.3, -0.25) is 9.59 Å². The van der Waals surface area contributed by atoms with E-state index in [1.165, 1.54) is 0 Å². The largest absolute Gasteiger partial charge is 0.356 e. The van der Waals surface area contributed by atoms with E-state index in [0.29, 0.717) is 11.6 Å². The maximum atomic E-state index is 12.3. The van der Waals surface area contributed by atoms with Gasteiger partial charge < -0.3 is 14.8 Å². The summed E-state index contributed by atoms with van der Waals surface area (Å²) in [5, 5.41) is 3.53. The van der Waals surface area contributed by atoms with Crippen LogP contribution in [0.5, 0.6) is 0 Å². The zero-order valence-corrected chi connectivity index (χ0v) is 13.3. The molecule has 116 valence electrons. The lowest BCUT2D eigenvalue weighted by Gasteiger charge is -2.20. The molecule has 1 aliphatic rings. The Labute approximate surface area is 130 Å². The molecule has 1 atom stereocenters. The summed E-state index contributed by atoms with van der Waals surface area (Å²) in [6.07, 6.45) is 4.87. The molecule has 1 aromatic heterocycles. The van der Waals surface area contributed by atoms with E-state index in [1.807, 2.05) is 23.9 Å². The lowest BCUT2D eigenvalue weighted by Crippen LogP contribution is -2.34. The minimum atomic E-state index is -0.195. The number of carbonyl (C=O) groups is 2. The van der Waals surface area contributed by atoms with Gasteiger partial charge in [0.15, 0.2) is 0 Å². The topological polar surface area (TPSA) is 54.3 Å². The first kappa shape index (κ1) is 15.9. The van der Waals surface area contributed by atoms with E-state index < -0.39 is 0 Å². The number of aryl methyl sites for hydroxylation is 1. The van der Waals surface area contributed by atoms with Crippen molar-refractivity contribution in [2.45, 2.75) is 32.2 Å². The fourth-order valence-electron chi connectivity index (χ4n) is 2.62. The average molecular weight is 312 g/mol. The number of rotatable bonds is 4. The highest BCUT2D eigenvalue weighted by atomic mass is 35.5. The quantitative estimate of drug-likeness (QED) is 0.924. The molecule has 21 heavy (non-hydrogen) atoms. The second kappa shape index (κ2) is 6.98. The zero-order chi connectivity index (χ0) is 15.4. The molecular weight excluding hydrogens is 290 g/mol. The smallest absolute Gasteiger partial charge is 0.223 e. The fraction of sp³-hybridized carbons (Fsp3) is 0.600. The Morgan fingerprint density at radius 1 is 1.52 bits per heavy atom. The molecular formula is C15H22ClN3O2. The molecule has 0 radical (unpaired) electrons. The minimum absolute atomic E-state index is 0.00521. The number of halogens is 1. The zero-order valence-electron chi connectivity index (χ0n) is 12.6. The lowest BCUT2D eigenvalue weighted by atomic mass is 9.98. The van der Waals surface area contributed by atoms with E-state index >= 15 is 0 Å². The number of hydrogen-bond donors (Lipinski definition) is 1. The summed E-state index contributed by atoms with van der Waals surface area (Å²) in [7, 11) is 3.66. The van der Waals surface area contributed by atoms with Crippen LogP contribution < -0.4 is 5.32 Å². The maximum Gasteiger partial charge on any atom is 0.223 e. The van der Waals surface area contributed by atoms with Crippen molar-refractivity contribution in [2.24, 2.45) is 13.0 Å². The van der Waals surface area contributed by atoms with Gasteiger partial charge in [-0.15, -0.1) is 0 Å². The van der Waals surface area contributed by atoms with Crippen molar-refractivity contribution >= 4 is 23.4 Å². The fourth-order valence-corrected chi connectivity index (χ4v) is 2.89. The molecule has 2 heterocycles. The van der Waals surface area contributed by atoms with Gasteiger partial charge in [-0.2, -0.15) is 0 Å². The van der Waals surface area contributed by atoms with Gasteiger partial charge in [-0.25, -0.2) is 0 Å². The summed E-state index contributed by atoms with van der Waals surface area (Å²) in [5.41, 5.74) is 0.973. The third kappa shape index (κ3) is 4.24. The van der Waals surface area contributed by atoms with E-state index in [1.54, 1.807) is 11.9 Å². The molecule has 1 aromatic rings. The predicted octanol–water partition coefficient (Wildman–Crippen LogP) is 1.94. The molecule has 2 amide bonds. The van der Waals surface area contributed by atoms with Gasteiger partial charge in [-0.1, -0.05) is 18.0 Å². The van der Waals surface area contributed by atoms with Gasteiger partial charge in [0, 0.05) is 44.9 Å². The van der Waals surface area contributed by atoms with Crippen molar-refractivity contribution in [3.8, 4) is 0 Å².